The minimum absolute atomic E-state index is 0.632. The van der Waals surface area contributed by atoms with Crippen LogP contribution in [0.15, 0.2) is 12.4 Å². The van der Waals surface area contributed by atoms with Crippen molar-refractivity contribution in [3.8, 4) is 0 Å². The van der Waals surface area contributed by atoms with Gasteiger partial charge in [-0.3, -0.25) is 0 Å². The molecule has 102 valence electrons. The van der Waals surface area contributed by atoms with Crippen molar-refractivity contribution in [3.05, 3.63) is 18.1 Å². The van der Waals surface area contributed by atoms with Gasteiger partial charge >= 0.3 is 0 Å². The molecule has 0 amide bonds. The molecule has 0 saturated heterocycles. The lowest BCUT2D eigenvalue weighted by atomic mass is 10.4. The van der Waals surface area contributed by atoms with Crippen molar-refractivity contribution in [2.75, 3.05) is 25.1 Å². The van der Waals surface area contributed by atoms with Gasteiger partial charge in [-0.05, 0) is 32.1 Å². The van der Waals surface area contributed by atoms with Gasteiger partial charge < -0.3 is 10.1 Å². The van der Waals surface area contributed by atoms with E-state index in [0.29, 0.717) is 5.78 Å². The molecular formula is C13H19N5O. The molecule has 0 spiro atoms. The van der Waals surface area contributed by atoms with Crippen LogP contribution in [0.4, 0.5) is 5.82 Å². The zero-order valence-corrected chi connectivity index (χ0v) is 11.2. The Morgan fingerprint density at radius 1 is 1.47 bits per heavy atom. The van der Waals surface area contributed by atoms with Crippen LogP contribution in [0.3, 0.4) is 0 Å². The molecule has 6 nitrogen and oxygen atoms in total. The first-order valence-corrected chi connectivity index (χ1v) is 6.82. The van der Waals surface area contributed by atoms with Crippen molar-refractivity contribution in [1.82, 2.24) is 19.6 Å². The Hall–Kier alpha value is -1.69. The van der Waals surface area contributed by atoms with Gasteiger partial charge in [-0.15, -0.1) is 0 Å². The highest BCUT2D eigenvalue weighted by Crippen LogP contribution is 2.28. The molecule has 0 unspecified atom stereocenters. The molecule has 1 N–H and O–H groups in total. The normalized spacial score (nSPS) is 15.0. The Labute approximate surface area is 112 Å². The zero-order valence-electron chi connectivity index (χ0n) is 11.2. The Morgan fingerprint density at radius 2 is 2.37 bits per heavy atom. The molecule has 19 heavy (non-hydrogen) atoms. The van der Waals surface area contributed by atoms with E-state index < -0.39 is 0 Å². The Kier molecular flexibility index (Phi) is 3.59. The largest absolute Gasteiger partial charge is 0.381 e. The maximum atomic E-state index is 5.60. The molecule has 2 aromatic heterocycles. The second-order valence-corrected chi connectivity index (χ2v) is 5.05. The van der Waals surface area contributed by atoms with Gasteiger partial charge in [0.15, 0.2) is 0 Å². The number of hydrogen-bond acceptors (Lipinski definition) is 5. The van der Waals surface area contributed by atoms with Gasteiger partial charge in [-0.1, -0.05) is 0 Å². The van der Waals surface area contributed by atoms with Crippen LogP contribution in [-0.2, 0) is 4.74 Å². The van der Waals surface area contributed by atoms with E-state index in [1.807, 2.05) is 13.0 Å². The lowest BCUT2D eigenvalue weighted by molar-refractivity contribution is 0.124. The molecule has 1 aliphatic rings. The summed E-state index contributed by atoms with van der Waals surface area (Å²) in [6, 6.07) is 1.98. The van der Waals surface area contributed by atoms with Gasteiger partial charge in [0, 0.05) is 31.5 Å². The third-order valence-electron chi connectivity index (χ3n) is 3.20. The monoisotopic (exact) mass is 261 g/mol. The lowest BCUT2D eigenvalue weighted by Crippen LogP contribution is -2.10. The first-order valence-electron chi connectivity index (χ1n) is 6.82. The highest BCUT2D eigenvalue weighted by atomic mass is 16.5. The number of rotatable bonds is 7. The Morgan fingerprint density at radius 3 is 3.21 bits per heavy atom. The number of nitrogens with zero attached hydrogens (tertiary/aromatic N) is 4. The van der Waals surface area contributed by atoms with Gasteiger partial charge in [0.2, 0.25) is 0 Å². The quantitative estimate of drug-likeness (QED) is 0.768. The molecule has 2 aromatic rings. The van der Waals surface area contributed by atoms with Crippen molar-refractivity contribution >= 4 is 11.6 Å². The molecule has 0 aromatic carbocycles. The molecule has 1 saturated carbocycles. The van der Waals surface area contributed by atoms with Crippen molar-refractivity contribution in [1.29, 1.82) is 0 Å². The number of nitrogens with one attached hydrogen (secondary N) is 1. The highest BCUT2D eigenvalue weighted by molar-refractivity contribution is 5.44. The van der Waals surface area contributed by atoms with E-state index >= 15 is 0 Å². The van der Waals surface area contributed by atoms with E-state index in [1.54, 1.807) is 4.52 Å². The Balaban J connectivity index is 1.48. The molecule has 2 heterocycles. The van der Waals surface area contributed by atoms with Gasteiger partial charge in [0.1, 0.15) is 12.1 Å². The fraction of sp³-hybridized carbons (Fsp3) is 0.615. The molecule has 6 heteroatoms. The van der Waals surface area contributed by atoms with Crippen LogP contribution in [0.1, 0.15) is 25.0 Å². The summed E-state index contributed by atoms with van der Waals surface area (Å²) < 4.78 is 7.32. The van der Waals surface area contributed by atoms with Crippen LogP contribution < -0.4 is 5.32 Å². The van der Waals surface area contributed by atoms with Crippen molar-refractivity contribution in [2.45, 2.75) is 26.2 Å². The van der Waals surface area contributed by atoms with Crippen molar-refractivity contribution in [2.24, 2.45) is 5.92 Å². The fourth-order valence-corrected chi connectivity index (χ4v) is 1.98. The summed E-state index contributed by atoms with van der Waals surface area (Å²) in [6.45, 7) is 4.57. The third kappa shape index (κ3) is 3.20. The first-order chi connectivity index (χ1) is 9.33. The van der Waals surface area contributed by atoms with Gasteiger partial charge in [-0.2, -0.15) is 14.6 Å². The highest BCUT2D eigenvalue weighted by Gasteiger charge is 2.20. The second kappa shape index (κ2) is 5.52. The predicted molar refractivity (Wildman–Crippen MR) is 72.2 cm³/mol. The van der Waals surface area contributed by atoms with Gasteiger partial charge in [-0.25, -0.2) is 4.98 Å². The topological polar surface area (TPSA) is 64.3 Å². The summed E-state index contributed by atoms with van der Waals surface area (Å²) in [7, 11) is 0. The number of anilines is 1. The summed E-state index contributed by atoms with van der Waals surface area (Å²) >= 11 is 0. The predicted octanol–water partition coefficient (Wildman–Crippen LogP) is 1.66. The summed E-state index contributed by atoms with van der Waals surface area (Å²) in [6.07, 6.45) is 5.20. The van der Waals surface area contributed by atoms with Crippen LogP contribution in [0.2, 0.25) is 0 Å². The second-order valence-electron chi connectivity index (χ2n) is 5.05. The van der Waals surface area contributed by atoms with Crippen LogP contribution >= 0.6 is 0 Å². The summed E-state index contributed by atoms with van der Waals surface area (Å²) in [4.78, 5) is 8.41. The van der Waals surface area contributed by atoms with E-state index in [-0.39, 0.29) is 0 Å². The average molecular weight is 261 g/mol. The van der Waals surface area contributed by atoms with Gasteiger partial charge in [0.25, 0.3) is 5.78 Å². The molecule has 0 bridgehead atoms. The molecule has 1 aliphatic carbocycles. The lowest BCUT2D eigenvalue weighted by Gasteiger charge is -2.08. The molecular weight excluding hydrogens is 242 g/mol. The smallest absolute Gasteiger partial charge is 0.254 e. The maximum absolute atomic E-state index is 5.60. The summed E-state index contributed by atoms with van der Waals surface area (Å²) in [5, 5.41) is 7.51. The minimum Gasteiger partial charge on any atom is -0.381 e. The number of aryl methyl sites for hydroxylation is 1. The molecule has 0 radical (unpaired) electrons. The number of ether oxygens (including phenoxy) is 1. The molecule has 3 rings (SSSR count). The van der Waals surface area contributed by atoms with E-state index in [2.05, 4.69) is 20.4 Å². The van der Waals surface area contributed by atoms with Gasteiger partial charge in [0.05, 0.1) is 0 Å². The molecule has 1 fully saturated rings. The van der Waals surface area contributed by atoms with Crippen LogP contribution in [0.5, 0.6) is 0 Å². The number of fused-ring (bicyclic) bond motifs is 1. The van der Waals surface area contributed by atoms with Crippen LogP contribution in [-0.4, -0.2) is 39.3 Å². The third-order valence-corrected chi connectivity index (χ3v) is 3.20. The van der Waals surface area contributed by atoms with Crippen LogP contribution in [0.25, 0.3) is 5.78 Å². The summed E-state index contributed by atoms with van der Waals surface area (Å²) in [5.41, 5.74) is 0.938. The van der Waals surface area contributed by atoms with E-state index in [0.717, 1.165) is 43.6 Å². The standard InChI is InChI=1S/C13H19N5O/c1-10-7-12(18-13(17-10)15-9-16-18)14-5-2-6-19-8-11-3-4-11/h7,9,11,14H,2-6,8H2,1H3. The number of hydrogen-bond donors (Lipinski definition) is 1. The molecule has 0 aliphatic heterocycles. The Bertz CT molecular complexity index is 549. The van der Waals surface area contributed by atoms with Crippen LogP contribution in [0, 0.1) is 12.8 Å². The average Bonchev–Trinajstić information content (AvgIpc) is 3.09. The SMILES string of the molecule is Cc1cc(NCCCOCC2CC2)n2ncnc2n1. The van der Waals surface area contributed by atoms with E-state index in [1.165, 1.54) is 19.2 Å². The number of aromatic nitrogens is 4. The van der Waals surface area contributed by atoms with Crippen molar-refractivity contribution in [3.63, 3.8) is 0 Å². The fourth-order valence-electron chi connectivity index (χ4n) is 1.98. The molecule has 0 atom stereocenters. The van der Waals surface area contributed by atoms with Crippen molar-refractivity contribution < 1.29 is 4.74 Å². The summed E-state index contributed by atoms with van der Waals surface area (Å²) in [5.74, 6) is 2.40. The van der Waals surface area contributed by atoms with E-state index in [4.69, 9.17) is 4.74 Å². The maximum Gasteiger partial charge on any atom is 0.254 e. The first kappa shape index (κ1) is 12.3. The van der Waals surface area contributed by atoms with E-state index in [9.17, 15) is 0 Å². The zero-order chi connectivity index (χ0) is 13.1. The minimum atomic E-state index is 0.632.